The van der Waals surface area contributed by atoms with E-state index in [-0.39, 0.29) is 46.8 Å². The highest BCUT2D eigenvalue weighted by Crippen LogP contribution is 2.38. The molecule has 2 N–H and O–H groups in total. The molecule has 5 fully saturated rings. The predicted molar refractivity (Wildman–Crippen MR) is 318 cm³/mol. The maximum atomic E-state index is 12.9. The van der Waals surface area contributed by atoms with Crippen LogP contribution in [0.1, 0.15) is 76.1 Å². The molecule has 86 heavy (non-hydrogen) atoms. The molecule has 0 radical (unpaired) electrons. The Balaban J connectivity index is 0.000000161. The number of aromatic nitrogens is 6. The van der Waals surface area contributed by atoms with E-state index in [1.54, 1.807) is 18.2 Å². The number of halogens is 5. The van der Waals surface area contributed by atoms with Gasteiger partial charge in [0, 0.05) is 45.8 Å². The van der Waals surface area contributed by atoms with Crippen LogP contribution in [0.5, 0.6) is 11.5 Å². The van der Waals surface area contributed by atoms with Crippen LogP contribution in [0.25, 0.3) is 33.3 Å². The molecule has 0 saturated carbocycles. The molecule has 0 aliphatic carbocycles. The van der Waals surface area contributed by atoms with Crippen LogP contribution < -0.4 is 45.2 Å². The Labute approximate surface area is 501 Å². The number of pyridine rings is 2. The molecule has 4 aromatic heterocycles. The topological polar surface area (TPSA) is 222 Å². The molecule has 5 aliphatic rings. The number of carbonyl (C=O) groups excluding carboxylic acids is 2. The van der Waals surface area contributed by atoms with E-state index in [1.165, 1.54) is 38.4 Å². The van der Waals surface area contributed by atoms with Crippen LogP contribution in [0.2, 0.25) is 5.15 Å². The minimum Gasteiger partial charge on any atom is -0.434 e. The summed E-state index contributed by atoms with van der Waals surface area (Å²) in [6.07, 6.45) is 0. The summed E-state index contributed by atoms with van der Waals surface area (Å²) >= 11 is 6.11. The summed E-state index contributed by atoms with van der Waals surface area (Å²) in [5.41, 5.74) is 1.69. The average molecular weight is 1220 g/mol. The fraction of sp³-hybridized carbons (Fsp3) is 0.517. The van der Waals surface area contributed by atoms with Gasteiger partial charge < -0.3 is 68.0 Å². The molecule has 2 amide bonds. The number of rotatable bonds is 12. The number of ether oxygens (including phenoxy) is 6. The summed E-state index contributed by atoms with van der Waals surface area (Å²) in [4.78, 5) is 61.8. The second-order valence-electron chi connectivity index (χ2n) is 22.2. The summed E-state index contributed by atoms with van der Waals surface area (Å²) in [5, 5.41) is 7.01. The number of nitrogens with one attached hydrogen (secondary N) is 2. The first-order valence-electron chi connectivity index (χ1n) is 28.4. The SMILES string of the molecule is CNC(=O)c1cc(-c2ccc3c(N4CCOC[C@@H]4C)nc(N4CCOC[C@@H]4C)nc3n2)ccc1OC(F)F.CNC(=O)c1cc(B2OC(C)(C)C(C)(C)O2)ccc1OC(F)F.C[C@H]1COCCN1c1nc(N2CCOC[C@@H]2C)c2ccc(Cl)nc2n1. The van der Waals surface area contributed by atoms with E-state index in [2.05, 4.69) is 72.4 Å². The molecular formula is C58H72BClF4N12O10. The number of fused-ring (bicyclic) bond motifs is 2. The molecule has 462 valence electrons. The Morgan fingerprint density at radius 1 is 0.570 bits per heavy atom. The van der Waals surface area contributed by atoms with E-state index in [1.807, 2.05) is 45.9 Å². The van der Waals surface area contributed by atoms with Gasteiger partial charge in [0.25, 0.3) is 11.8 Å². The monoisotopic (exact) mass is 1220 g/mol. The number of nitrogens with zero attached hydrogens (tertiary/aromatic N) is 10. The van der Waals surface area contributed by atoms with Crippen molar-refractivity contribution in [2.75, 3.05) is 113 Å². The smallest absolute Gasteiger partial charge is 0.434 e. The largest absolute Gasteiger partial charge is 0.494 e. The number of benzene rings is 2. The van der Waals surface area contributed by atoms with Gasteiger partial charge in [-0.05, 0) is 115 Å². The van der Waals surface area contributed by atoms with E-state index in [0.717, 1.165) is 35.5 Å². The molecule has 0 unspecified atom stereocenters. The lowest BCUT2D eigenvalue weighted by atomic mass is 9.78. The molecule has 0 bridgehead atoms. The Morgan fingerprint density at radius 3 is 1.43 bits per heavy atom. The van der Waals surface area contributed by atoms with Gasteiger partial charge in [-0.25, -0.2) is 9.97 Å². The minimum absolute atomic E-state index is 0.0000113. The van der Waals surface area contributed by atoms with Crippen molar-refractivity contribution in [3.63, 3.8) is 0 Å². The molecule has 28 heteroatoms. The molecule has 9 heterocycles. The van der Waals surface area contributed by atoms with Crippen molar-refractivity contribution in [1.29, 1.82) is 0 Å². The van der Waals surface area contributed by atoms with Gasteiger partial charge in [-0.3, -0.25) is 9.59 Å². The highest BCUT2D eigenvalue weighted by atomic mass is 35.5. The first-order chi connectivity index (χ1) is 41.1. The molecule has 11 rings (SSSR count). The van der Waals surface area contributed by atoms with Crippen LogP contribution in [-0.2, 0) is 28.3 Å². The summed E-state index contributed by atoms with van der Waals surface area (Å²) < 4.78 is 93.8. The maximum Gasteiger partial charge on any atom is 0.494 e. The van der Waals surface area contributed by atoms with Crippen molar-refractivity contribution in [3.8, 4) is 22.8 Å². The van der Waals surface area contributed by atoms with Gasteiger partial charge >= 0.3 is 20.3 Å². The van der Waals surface area contributed by atoms with Crippen LogP contribution in [0.15, 0.2) is 60.7 Å². The fourth-order valence-electron chi connectivity index (χ4n) is 10.3. The van der Waals surface area contributed by atoms with E-state index in [4.69, 9.17) is 64.8 Å². The van der Waals surface area contributed by atoms with Crippen molar-refractivity contribution in [2.24, 2.45) is 0 Å². The van der Waals surface area contributed by atoms with Crippen molar-refractivity contribution in [2.45, 2.75) is 104 Å². The molecule has 2 aromatic carbocycles. The third-order valence-electron chi connectivity index (χ3n) is 15.7. The Hall–Kier alpha value is -7.01. The van der Waals surface area contributed by atoms with Gasteiger partial charge in [0.05, 0.1) is 116 Å². The molecule has 5 saturated heterocycles. The quantitative estimate of drug-likeness (QED) is 0.0704. The summed E-state index contributed by atoms with van der Waals surface area (Å²) in [5.74, 6) is 1.46. The number of amides is 2. The standard InChI is InChI=1S/C26H30F2N6O4.C17H22ClN5O2.C15H20BF2NO4/c1-15-13-36-10-8-33(15)23-18-5-6-20(17-4-7-21(38-25(27)28)19(12-17)24(35)29-3)30-22(18)31-26(32-23)34-9-11-37-14-16(34)2;1-11-9-24-7-5-22(11)16-13-3-4-14(18)19-15(13)20-17(21-16)23-6-8-25-10-12(23)2;1-14(2)15(3,4)23-16(22-14)9-6-7-11(21-13(17)18)10(8-9)12(20)19-5/h4-7,12,15-16,25H,8-11,13-14H2,1-3H3,(H,29,35);3-4,11-12H,5-10H2,1-2H3;6-8,13H,1-5H3,(H,19,20)/t15-,16-;11-,12-;/m00./s1. The van der Waals surface area contributed by atoms with Gasteiger partial charge in [0.1, 0.15) is 28.3 Å². The first kappa shape index (κ1) is 63.5. The normalized spacial score (nSPS) is 21.2. The van der Waals surface area contributed by atoms with E-state index >= 15 is 0 Å². The zero-order valence-corrected chi connectivity index (χ0v) is 50.5. The van der Waals surface area contributed by atoms with Crippen molar-refractivity contribution in [1.82, 2.24) is 40.5 Å². The van der Waals surface area contributed by atoms with Crippen LogP contribution in [0, 0.1) is 0 Å². The number of hydrogen-bond acceptors (Lipinski definition) is 20. The average Bonchev–Trinajstić information content (AvgIpc) is 1.98. The Kier molecular flexibility index (Phi) is 20.2. The zero-order valence-electron chi connectivity index (χ0n) is 49.7. The highest BCUT2D eigenvalue weighted by molar-refractivity contribution is 6.62. The molecule has 5 aliphatic heterocycles. The molecule has 0 spiro atoms. The summed E-state index contributed by atoms with van der Waals surface area (Å²) in [6.45, 7) is 18.0. The third kappa shape index (κ3) is 14.4. The molecule has 22 nitrogen and oxygen atoms in total. The highest BCUT2D eigenvalue weighted by Gasteiger charge is 2.52. The van der Waals surface area contributed by atoms with E-state index in [0.29, 0.717) is 111 Å². The number of anilines is 4. The van der Waals surface area contributed by atoms with E-state index < -0.39 is 43.4 Å². The fourth-order valence-corrected chi connectivity index (χ4v) is 10.5. The van der Waals surface area contributed by atoms with Crippen molar-refractivity contribution >= 4 is 81.6 Å². The maximum absolute atomic E-state index is 12.9. The lowest BCUT2D eigenvalue weighted by molar-refractivity contribution is -0.0508. The van der Waals surface area contributed by atoms with Crippen LogP contribution in [0.3, 0.4) is 0 Å². The van der Waals surface area contributed by atoms with Crippen molar-refractivity contribution in [3.05, 3.63) is 76.9 Å². The number of alkyl halides is 4. The number of hydrogen-bond donors (Lipinski definition) is 2. The Bertz CT molecular complexity index is 3370. The Morgan fingerprint density at radius 2 is 0.988 bits per heavy atom. The van der Waals surface area contributed by atoms with Gasteiger partial charge in [0.2, 0.25) is 11.9 Å². The van der Waals surface area contributed by atoms with Crippen LogP contribution in [-0.4, -0.2) is 191 Å². The van der Waals surface area contributed by atoms with Crippen LogP contribution >= 0.6 is 11.6 Å². The minimum atomic E-state index is -3.05. The third-order valence-corrected chi connectivity index (χ3v) is 15.9. The van der Waals surface area contributed by atoms with Gasteiger partial charge in [-0.1, -0.05) is 17.7 Å². The number of morpholine rings is 4. The lowest BCUT2D eigenvalue weighted by Gasteiger charge is -2.37. The van der Waals surface area contributed by atoms with Gasteiger partial charge in [-0.2, -0.15) is 37.5 Å². The molecule has 6 aromatic rings. The zero-order chi connectivity index (χ0) is 61.6. The van der Waals surface area contributed by atoms with Gasteiger partial charge in [-0.15, -0.1) is 0 Å². The lowest BCUT2D eigenvalue weighted by Crippen LogP contribution is -2.46. The van der Waals surface area contributed by atoms with Gasteiger partial charge in [0.15, 0.2) is 11.3 Å². The second kappa shape index (κ2) is 27.4. The summed E-state index contributed by atoms with van der Waals surface area (Å²) in [7, 11) is 2.15. The van der Waals surface area contributed by atoms with Crippen LogP contribution in [0.4, 0.5) is 41.1 Å². The molecular weight excluding hydrogens is 1150 g/mol. The summed E-state index contributed by atoms with van der Waals surface area (Å²) in [6, 6.07) is 16.9. The molecule has 4 atom stereocenters. The first-order valence-corrected chi connectivity index (χ1v) is 28.8. The number of carbonyl (C=O) groups is 2. The van der Waals surface area contributed by atoms with Crippen molar-refractivity contribution < 1.29 is 64.9 Å². The second-order valence-corrected chi connectivity index (χ2v) is 22.6. The predicted octanol–water partition coefficient (Wildman–Crippen LogP) is 7.18. The van der Waals surface area contributed by atoms with E-state index in [9.17, 15) is 27.2 Å².